The van der Waals surface area contributed by atoms with Crippen LogP contribution in [0.4, 0.5) is 10.1 Å². The Morgan fingerprint density at radius 2 is 1.55 bits per heavy atom. The molecule has 3 aromatic rings. The number of benzene rings is 3. The molecule has 0 unspecified atom stereocenters. The van der Waals surface area contributed by atoms with Gasteiger partial charge >= 0.3 is 0 Å². The molecule has 6 heteroatoms. The third kappa shape index (κ3) is 2.80. The quantitative estimate of drug-likeness (QED) is 0.454. The maximum atomic E-state index is 13.9. The van der Waals surface area contributed by atoms with E-state index in [4.69, 9.17) is 0 Å². The lowest BCUT2D eigenvalue weighted by molar-refractivity contribution is -0.123. The van der Waals surface area contributed by atoms with Gasteiger partial charge in [0.2, 0.25) is 11.8 Å². The van der Waals surface area contributed by atoms with Crippen LogP contribution in [0.15, 0.2) is 85.1 Å². The zero-order chi connectivity index (χ0) is 22.7. The largest absolute Gasteiger partial charge is 0.358 e. The van der Waals surface area contributed by atoms with Gasteiger partial charge in [-0.2, -0.15) is 0 Å². The van der Waals surface area contributed by atoms with Crippen molar-refractivity contribution < 1.29 is 18.8 Å². The number of carbonyl (C=O) groups is 3. The van der Waals surface area contributed by atoms with E-state index in [1.807, 2.05) is 47.5 Å². The molecule has 0 aromatic heterocycles. The van der Waals surface area contributed by atoms with Crippen molar-refractivity contribution in [1.82, 2.24) is 4.90 Å². The van der Waals surface area contributed by atoms with E-state index < -0.39 is 41.6 Å². The Morgan fingerprint density at radius 3 is 2.33 bits per heavy atom. The fourth-order valence-corrected chi connectivity index (χ4v) is 5.50. The molecule has 5 nitrogen and oxygen atoms in total. The molecule has 3 aliphatic rings. The van der Waals surface area contributed by atoms with Gasteiger partial charge in [-0.1, -0.05) is 60.7 Å². The van der Waals surface area contributed by atoms with E-state index in [0.717, 1.165) is 16.0 Å². The molecule has 162 valence electrons. The number of fused-ring (bicyclic) bond motifs is 5. The van der Waals surface area contributed by atoms with Gasteiger partial charge in [-0.15, -0.1) is 0 Å². The fraction of sp³-hybridized carbons (Fsp3) is 0.148. The van der Waals surface area contributed by atoms with Gasteiger partial charge in [0.1, 0.15) is 11.9 Å². The van der Waals surface area contributed by atoms with Crippen molar-refractivity contribution >= 4 is 29.4 Å². The lowest BCUT2D eigenvalue weighted by Gasteiger charge is -2.35. The van der Waals surface area contributed by atoms with Gasteiger partial charge in [0.25, 0.3) is 0 Å². The molecule has 0 bridgehead atoms. The Morgan fingerprint density at radius 1 is 0.818 bits per heavy atom. The molecule has 3 aliphatic heterocycles. The number of anilines is 1. The first-order valence-corrected chi connectivity index (χ1v) is 10.8. The van der Waals surface area contributed by atoms with Gasteiger partial charge in [0, 0.05) is 11.8 Å². The molecule has 2 saturated heterocycles. The number of rotatable bonds is 3. The van der Waals surface area contributed by atoms with Crippen molar-refractivity contribution in [3.63, 3.8) is 0 Å². The summed E-state index contributed by atoms with van der Waals surface area (Å²) in [5.74, 6) is -3.22. The third-order valence-corrected chi connectivity index (χ3v) is 6.85. The Labute approximate surface area is 189 Å². The summed E-state index contributed by atoms with van der Waals surface area (Å²) in [5, 5.41) is 0. The topological polar surface area (TPSA) is 57.7 Å². The molecule has 3 aromatic carbocycles. The SMILES string of the molecule is O=C(c1ccccc1)[C@H]1[C@H]2C(=O)N(c3cccc(F)c3)C(=O)[C@H]2[C@@H]2c3ccccc3C=CN12. The molecule has 33 heavy (non-hydrogen) atoms. The minimum absolute atomic E-state index is 0.191. The first-order chi connectivity index (χ1) is 16.1. The van der Waals surface area contributed by atoms with Gasteiger partial charge in [-0.3, -0.25) is 14.4 Å². The summed E-state index contributed by atoms with van der Waals surface area (Å²) >= 11 is 0. The molecule has 4 atom stereocenters. The van der Waals surface area contributed by atoms with Crippen LogP contribution in [0.3, 0.4) is 0 Å². The van der Waals surface area contributed by atoms with Crippen LogP contribution in [0.5, 0.6) is 0 Å². The summed E-state index contributed by atoms with van der Waals surface area (Å²) in [6.07, 6.45) is 3.74. The maximum Gasteiger partial charge on any atom is 0.240 e. The number of amides is 2. The Kier molecular flexibility index (Phi) is 4.30. The van der Waals surface area contributed by atoms with Crippen LogP contribution < -0.4 is 4.90 Å². The summed E-state index contributed by atoms with van der Waals surface area (Å²) < 4.78 is 13.9. The van der Waals surface area contributed by atoms with Gasteiger partial charge in [0.15, 0.2) is 5.78 Å². The zero-order valence-corrected chi connectivity index (χ0v) is 17.5. The second-order valence-electron chi connectivity index (χ2n) is 8.56. The smallest absolute Gasteiger partial charge is 0.240 e. The first kappa shape index (κ1) is 19.6. The maximum absolute atomic E-state index is 13.9. The summed E-state index contributed by atoms with van der Waals surface area (Å²) in [5.41, 5.74) is 2.53. The summed E-state index contributed by atoms with van der Waals surface area (Å²) in [4.78, 5) is 44.0. The number of nitrogens with zero attached hydrogens (tertiary/aromatic N) is 2. The van der Waals surface area contributed by atoms with Gasteiger partial charge < -0.3 is 4.90 Å². The second-order valence-corrected chi connectivity index (χ2v) is 8.56. The molecule has 0 saturated carbocycles. The number of hydrogen-bond acceptors (Lipinski definition) is 4. The highest BCUT2D eigenvalue weighted by molar-refractivity contribution is 6.24. The van der Waals surface area contributed by atoms with Crippen molar-refractivity contribution in [3.05, 3.63) is 108 Å². The highest BCUT2D eigenvalue weighted by Crippen LogP contribution is 2.53. The van der Waals surface area contributed by atoms with Gasteiger partial charge in [-0.05, 0) is 35.4 Å². The van der Waals surface area contributed by atoms with Crippen LogP contribution in [0, 0.1) is 17.7 Å². The van der Waals surface area contributed by atoms with Crippen LogP contribution in [0.2, 0.25) is 0 Å². The van der Waals surface area contributed by atoms with E-state index in [1.165, 1.54) is 18.2 Å². The van der Waals surface area contributed by atoms with Crippen LogP contribution in [-0.2, 0) is 9.59 Å². The van der Waals surface area contributed by atoms with Crippen LogP contribution >= 0.6 is 0 Å². The van der Waals surface area contributed by atoms with Crippen LogP contribution in [0.1, 0.15) is 27.5 Å². The molecule has 3 heterocycles. The lowest BCUT2D eigenvalue weighted by Crippen LogP contribution is -2.44. The molecule has 0 aliphatic carbocycles. The summed E-state index contributed by atoms with van der Waals surface area (Å²) in [6.45, 7) is 0. The van der Waals surface area contributed by atoms with Gasteiger partial charge in [0.05, 0.1) is 23.6 Å². The number of carbonyl (C=O) groups excluding carboxylic acids is 3. The van der Waals surface area contributed by atoms with Crippen molar-refractivity contribution in [1.29, 1.82) is 0 Å². The van der Waals surface area contributed by atoms with E-state index in [2.05, 4.69) is 0 Å². The molecule has 2 fully saturated rings. The zero-order valence-electron chi connectivity index (χ0n) is 17.5. The number of ketones is 1. The Hall–Kier alpha value is -4.06. The molecule has 0 radical (unpaired) electrons. The number of Topliss-reactive ketones (excluding diaryl/α,β-unsaturated/α-hetero) is 1. The van der Waals surface area contributed by atoms with E-state index in [-0.39, 0.29) is 11.5 Å². The average Bonchev–Trinajstić information content (AvgIpc) is 3.32. The van der Waals surface area contributed by atoms with E-state index >= 15 is 0 Å². The van der Waals surface area contributed by atoms with Crippen molar-refractivity contribution in [2.75, 3.05) is 4.90 Å². The molecular formula is C27H19FN2O3. The van der Waals surface area contributed by atoms with Crippen LogP contribution in [-0.4, -0.2) is 28.5 Å². The normalized spacial score (nSPS) is 25.1. The predicted molar refractivity (Wildman–Crippen MR) is 120 cm³/mol. The molecule has 0 N–H and O–H groups in total. The van der Waals surface area contributed by atoms with Crippen molar-refractivity contribution in [2.45, 2.75) is 12.1 Å². The van der Waals surface area contributed by atoms with Crippen molar-refractivity contribution in [3.8, 4) is 0 Å². The lowest BCUT2D eigenvalue weighted by atomic mass is 9.83. The van der Waals surface area contributed by atoms with E-state index in [0.29, 0.717) is 5.56 Å². The third-order valence-electron chi connectivity index (χ3n) is 6.85. The fourth-order valence-electron chi connectivity index (χ4n) is 5.50. The highest BCUT2D eigenvalue weighted by Gasteiger charge is 2.64. The summed E-state index contributed by atoms with van der Waals surface area (Å²) in [6, 6.07) is 20.7. The van der Waals surface area contributed by atoms with Crippen LogP contribution in [0.25, 0.3) is 6.08 Å². The first-order valence-electron chi connectivity index (χ1n) is 10.8. The monoisotopic (exact) mass is 438 g/mol. The highest BCUT2D eigenvalue weighted by atomic mass is 19.1. The minimum atomic E-state index is -0.866. The van der Waals surface area contributed by atoms with E-state index in [1.54, 1.807) is 30.3 Å². The van der Waals surface area contributed by atoms with Gasteiger partial charge in [-0.25, -0.2) is 9.29 Å². The molecular weight excluding hydrogens is 419 g/mol. The average molecular weight is 438 g/mol. The molecule has 6 rings (SSSR count). The van der Waals surface area contributed by atoms with Crippen molar-refractivity contribution in [2.24, 2.45) is 11.8 Å². The number of halogens is 1. The Bertz CT molecular complexity index is 1340. The molecule has 0 spiro atoms. The Balaban J connectivity index is 1.51. The predicted octanol–water partition coefficient (Wildman–Crippen LogP) is 4.22. The number of imide groups is 1. The molecule has 2 amide bonds. The number of hydrogen-bond donors (Lipinski definition) is 0. The minimum Gasteiger partial charge on any atom is -0.358 e. The summed E-state index contributed by atoms with van der Waals surface area (Å²) in [7, 11) is 0. The standard InChI is InChI=1S/C27H19FN2O3/c28-18-10-6-11-19(15-18)30-26(32)21-22(27(30)33)24(25(31)17-8-2-1-3-9-17)29-14-13-16-7-4-5-12-20(16)23(21)29/h1-15,21-24H/t21-,22+,23+,24-/m1/s1. The second kappa shape index (κ2) is 7.24. The van der Waals surface area contributed by atoms with E-state index in [9.17, 15) is 18.8 Å².